The van der Waals surface area contributed by atoms with Crippen LogP contribution in [-0.4, -0.2) is 9.97 Å². The predicted octanol–water partition coefficient (Wildman–Crippen LogP) is 2.02. The van der Waals surface area contributed by atoms with Crippen molar-refractivity contribution in [3.05, 3.63) is 41.6 Å². The van der Waals surface area contributed by atoms with Crippen molar-refractivity contribution in [2.45, 2.75) is 6.92 Å². The number of halogens is 2. The van der Waals surface area contributed by atoms with E-state index in [4.69, 9.17) is 5.84 Å². The normalized spacial score (nSPS) is 10.4. The van der Waals surface area contributed by atoms with Gasteiger partial charge in [-0.25, -0.2) is 24.6 Å². The summed E-state index contributed by atoms with van der Waals surface area (Å²) in [7, 11) is 0. The summed E-state index contributed by atoms with van der Waals surface area (Å²) in [4.78, 5) is 7.82. The number of nitrogens with two attached hydrogens (primary N) is 1. The zero-order chi connectivity index (χ0) is 12.4. The number of nitrogen functional groups attached to an aromatic ring is 1. The summed E-state index contributed by atoms with van der Waals surface area (Å²) in [5, 5.41) is 0. The van der Waals surface area contributed by atoms with E-state index < -0.39 is 11.6 Å². The van der Waals surface area contributed by atoms with Crippen LogP contribution in [0.5, 0.6) is 0 Å². The summed E-state index contributed by atoms with van der Waals surface area (Å²) in [6.07, 6.45) is 0. The molecule has 2 rings (SSSR count). The number of nitrogens with zero attached hydrogens (tertiary/aromatic N) is 2. The largest absolute Gasteiger partial charge is 0.306 e. The Morgan fingerprint density at radius 2 is 2.00 bits per heavy atom. The molecule has 88 valence electrons. The lowest BCUT2D eigenvalue weighted by molar-refractivity contribution is 0.606. The van der Waals surface area contributed by atoms with E-state index in [1.54, 1.807) is 6.07 Å². The van der Waals surface area contributed by atoms with Gasteiger partial charge < -0.3 is 5.43 Å². The fraction of sp³-hybridized carbons (Fsp3) is 0.0909. The number of aromatic nitrogens is 2. The van der Waals surface area contributed by atoms with Crippen LogP contribution in [0.15, 0.2) is 24.3 Å². The van der Waals surface area contributed by atoms with E-state index in [1.807, 2.05) is 0 Å². The molecule has 2 aromatic rings. The van der Waals surface area contributed by atoms with Crippen molar-refractivity contribution in [1.82, 2.24) is 9.97 Å². The van der Waals surface area contributed by atoms with Crippen molar-refractivity contribution in [1.29, 1.82) is 0 Å². The van der Waals surface area contributed by atoms with Crippen LogP contribution in [-0.2, 0) is 0 Å². The van der Waals surface area contributed by atoms with Crippen LogP contribution in [0, 0.1) is 18.6 Å². The zero-order valence-electron chi connectivity index (χ0n) is 9.04. The summed E-state index contributed by atoms with van der Waals surface area (Å²) < 4.78 is 26.5. The molecule has 4 nitrogen and oxygen atoms in total. The van der Waals surface area contributed by atoms with Crippen molar-refractivity contribution >= 4 is 5.82 Å². The van der Waals surface area contributed by atoms with Gasteiger partial charge in [-0.15, -0.1) is 0 Å². The van der Waals surface area contributed by atoms with Crippen molar-refractivity contribution in [2.24, 2.45) is 5.84 Å². The molecule has 0 aliphatic rings. The third kappa shape index (κ3) is 2.21. The number of hydrogen-bond acceptors (Lipinski definition) is 4. The topological polar surface area (TPSA) is 63.8 Å². The second-order valence-corrected chi connectivity index (χ2v) is 3.45. The number of benzene rings is 1. The van der Waals surface area contributed by atoms with E-state index in [-0.39, 0.29) is 17.3 Å². The van der Waals surface area contributed by atoms with Gasteiger partial charge in [-0.05, 0) is 19.1 Å². The lowest BCUT2D eigenvalue weighted by Crippen LogP contribution is -2.13. The van der Waals surface area contributed by atoms with Crippen LogP contribution < -0.4 is 11.3 Å². The molecule has 0 aliphatic carbocycles. The highest BCUT2D eigenvalue weighted by Crippen LogP contribution is 2.20. The predicted molar refractivity (Wildman–Crippen MR) is 59.9 cm³/mol. The second-order valence-electron chi connectivity index (χ2n) is 3.45. The van der Waals surface area contributed by atoms with Gasteiger partial charge in [0.25, 0.3) is 0 Å². The molecule has 1 heterocycles. The molecular formula is C11H10F2N4. The van der Waals surface area contributed by atoms with Crippen LogP contribution in [0.1, 0.15) is 5.69 Å². The molecule has 0 fully saturated rings. The Balaban J connectivity index is 2.56. The van der Waals surface area contributed by atoms with E-state index in [2.05, 4.69) is 15.4 Å². The van der Waals surface area contributed by atoms with E-state index in [9.17, 15) is 8.78 Å². The molecule has 3 N–H and O–H groups in total. The first-order valence-electron chi connectivity index (χ1n) is 4.88. The van der Waals surface area contributed by atoms with Gasteiger partial charge in [0, 0.05) is 5.56 Å². The third-order valence-electron chi connectivity index (χ3n) is 2.24. The highest BCUT2D eigenvalue weighted by atomic mass is 19.1. The fourth-order valence-corrected chi connectivity index (χ4v) is 1.41. The number of hydrazine groups is 1. The number of nitrogens with one attached hydrogen (secondary N) is 1. The molecule has 1 aromatic heterocycles. The van der Waals surface area contributed by atoms with Gasteiger partial charge in [-0.3, -0.25) is 0 Å². The van der Waals surface area contributed by atoms with Crippen molar-refractivity contribution < 1.29 is 8.78 Å². The first kappa shape index (κ1) is 11.4. The quantitative estimate of drug-likeness (QED) is 0.618. The Kier molecular flexibility index (Phi) is 2.97. The highest BCUT2D eigenvalue weighted by molar-refractivity contribution is 5.57. The fourth-order valence-electron chi connectivity index (χ4n) is 1.41. The molecule has 6 heteroatoms. The molecule has 0 saturated heterocycles. The smallest absolute Gasteiger partial charge is 0.187 e. The Morgan fingerprint density at radius 3 is 2.65 bits per heavy atom. The van der Waals surface area contributed by atoms with Gasteiger partial charge in [0.15, 0.2) is 17.5 Å². The average molecular weight is 236 g/mol. The van der Waals surface area contributed by atoms with Gasteiger partial charge in [0.1, 0.15) is 5.82 Å². The molecule has 1 aromatic carbocycles. The van der Waals surface area contributed by atoms with Gasteiger partial charge in [0.2, 0.25) is 0 Å². The van der Waals surface area contributed by atoms with Gasteiger partial charge in [-0.1, -0.05) is 12.1 Å². The minimum Gasteiger partial charge on any atom is -0.306 e. The van der Waals surface area contributed by atoms with E-state index >= 15 is 0 Å². The molecule has 0 bridgehead atoms. The van der Waals surface area contributed by atoms with E-state index in [0.29, 0.717) is 5.56 Å². The molecule has 0 spiro atoms. The van der Waals surface area contributed by atoms with Gasteiger partial charge in [0.05, 0.1) is 5.69 Å². The first-order valence-corrected chi connectivity index (χ1v) is 4.88. The molecule has 0 radical (unpaired) electrons. The van der Waals surface area contributed by atoms with Gasteiger partial charge in [-0.2, -0.15) is 0 Å². The van der Waals surface area contributed by atoms with Crippen LogP contribution in [0.4, 0.5) is 14.6 Å². The number of hydrogen-bond donors (Lipinski definition) is 2. The van der Waals surface area contributed by atoms with E-state index in [1.165, 1.54) is 25.1 Å². The van der Waals surface area contributed by atoms with Crippen LogP contribution in [0.3, 0.4) is 0 Å². The number of aryl methyl sites for hydroxylation is 1. The average Bonchev–Trinajstić information content (AvgIpc) is 2.32. The maximum atomic E-state index is 13.4. The van der Waals surface area contributed by atoms with Crippen molar-refractivity contribution in [2.75, 3.05) is 5.43 Å². The molecule has 0 aliphatic heterocycles. The third-order valence-corrected chi connectivity index (χ3v) is 2.24. The Hall–Kier alpha value is -2.08. The Bertz CT molecular complexity index is 557. The Labute approximate surface area is 96.5 Å². The number of rotatable bonds is 2. The molecule has 0 unspecified atom stereocenters. The standard InChI is InChI=1S/C11H10F2N4/c1-6-9(13)11(17-14)16-10(15-6)7-3-2-4-8(12)5-7/h2-5H,14H2,1H3,(H,15,16,17). The lowest BCUT2D eigenvalue weighted by Gasteiger charge is -2.07. The highest BCUT2D eigenvalue weighted by Gasteiger charge is 2.11. The van der Waals surface area contributed by atoms with E-state index in [0.717, 1.165) is 0 Å². The van der Waals surface area contributed by atoms with Gasteiger partial charge >= 0.3 is 0 Å². The van der Waals surface area contributed by atoms with Crippen LogP contribution >= 0.6 is 0 Å². The minimum absolute atomic E-state index is 0.114. The minimum atomic E-state index is -0.618. The SMILES string of the molecule is Cc1nc(-c2cccc(F)c2)nc(NN)c1F. The summed E-state index contributed by atoms with van der Waals surface area (Å²) in [6, 6.07) is 5.74. The maximum absolute atomic E-state index is 13.4. The maximum Gasteiger partial charge on any atom is 0.187 e. The second kappa shape index (κ2) is 4.42. The lowest BCUT2D eigenvalue weighted by atomic mass is 10.2. The summed E-state index contributed by atoms with van der Waals surface area (Å²) in [6.45, 7) is 1.49. The van der Waals surface area contributed by atoms with Crippen molar-refractivity contribution in [3.63, 3.8) is 0 Å². The Morgan fingerprint density at radius 1 is 1.24 bits per heavy atom. The van der Waals surface area contributed by atoms with Crippen molar-refractivity contribution in [3.8, 4) is 11.4 Å². The zero-order valence-corrected chi connectivity index (χ0v) is 9.04. The molecule has 0 atom stereocenters. The summed E-state index contributed by atoms with van der Waals surface area (Å²) in [5.41, 5.74) is 2.75. The number of anilines is 1. The first-order chi connectivity index (χ1) is 8.11. The molecule has 0 saturated carbocycles. The van der Waals surface area contributed by atoms with Crippen LogP contribution in [0.25, 0.3) is 11.4 Å². The van der Waals surface area contributed by atoms with Crippen LogP contribution in [0.2, 0.25) is 0 Å². The molecule has 17 heavy (non-hydrogen) atoms. The molecular weight excluding hydrogens is 226 g/mol. The summed E-state index contributed by atoms with van der Waals surface area (Å²) in [5.74, 6) is 4.22. The monoisotopic (exact) mass is 236 g/mol. The summed E-state index contributed by atoms with van der Waals surface area (Å²) >= 11 is 0. The molecule has 0 amide bonds.